The van der Waals surface area contributed by atoms with Crippen molar-refractivity contribution in [3.05, 3.63) is 53.9 Å². The second-order valence-electron chi connectivity index (χ2n) is 8.01. The molecule has 0 amide bonds. The third-order valence-electron chi connectivity index (χ3n) is 5.65. The molecular weight excluding hydrogens is 400 g/mol. The van der Waals surface area contributed by atoms with E-state index in [1.54, 1.807) is 6.20 Å². The molecule has 7 nitrogen and oxygen atoms in total. The Morgan fingerprint density at radius 3 is 3.00 bits per heavy atom. The van der Waals surface area contributed by atoms with Crippen LogP contribution in [-0.2, 0) is 6.42 Å². The van der Waals surface area contributed by atoms with Gasteiger partial charge in [-0.25, -0.2) is 4.99 Å². The van der Waals surface area contributed by atoms with Gasteiger partial charge < -0.3 is 15.4 Å². The summed E-state index contributed by atoms with van der Waals surface area (Å²) in [7, 11) is 0. The fraction of sp³-hybridized carbons (Fsp3) is 0.400. The largest absolute Gasteiger partial charge is 0.493 e. The van der Waals surface area contributed by atoms with Gasteiger partial charge >= 0.3 is 0 Å². The molecule has 1 aliphatic rings. The van der Waals surface area contributed by atoms with Crippen LogP contribution in [0.5, 0.6) is 5.75 Å². The Morgan fingerprint density at radius 1 is 1.47 bits per heavy atom. The summed E-state index contributed by atoms with van der Waals surface area (Å²) in [6.45, 7) is 12.4. The monoisotopic (exact) mass is 432 g/mol. The average Bonchev–Trinajstić information content (AvgIpc) is 3.18. The van der Waals surface area contributed by atoms with Gasteiger partial charge in [0.05, 0.1) is 12.3 Å². The van der Waals surface area contributed by atoms with Crippen molar-refractivity contribution in [1.29, 1.82) is 5.26 Å². The molecule has 1 aromatic carbocycles. The van der Waals surface area contributed by atoms with Gasteiger partial charge in [0.1, 0.15) is 17.5 Å². The van der Waals surface area contributed by atoms with E-state index in [0.29, 0.717) is 12.5 Å². The Morgan fingerprint density at radius 2 is 2.31 bits per heavy atom. The van der Waals surface area contributed by atoms with Crippen LogP contribution in [0.25, 0.3) is 11.3 Å². The average molecular weight is 433 g/mol. The van der Waals surface area contributed by atoms with Crippen LogP contribution in [0, 0.1) is 24.2 Å². The zero-order valence-corrected chi connectivity index (χ0v) is 19.2. The molecule has 1 atom stereocenters. The Bertz CT molecular complexity index is 1040. The summed E-state index contributed by atoms with van der Waals surface area (Å²) < 4.78 is 6.33. The third-order valence-corrected chi connectivity index (χ3v) is 5.65. The van der Waals surface area contributed by atoms with Crippen LogP contribution < -0.4 is 15.4 Å². The predicted octanol–water partition coefficient (Wildman–Crippen LogP) is 4.75. The number of aromatic amines is 1. The number of rotatable bonds is 9. The van der Waals surface area contributed by atoms with E-state index in [1.807, 2.05) is 26.0 Å². The van der Waals surface area contributed by atoms with E-state index < -0.39 is 0 Å². The molecule has 7 heteroatoms. The van der Waals surface area contributed by atoms with E-state index in [0.717, 1.165) is 53.6 Å². The molecule has 0 radical (unpaired) electrons. The molecule has 1 saturated heterocycles. The maximum absolute atomic E-state index is 8.97. The molecule has 1 fully saturated rings. The fourth-order valence-corrected chi connectivity index (χ4v) is 3.82. The standard InChI is InChI=1S/C25H32N6O/c1-5-20-10-7-11-22(32-16-19-9-8-12-27-15-19)23(20)24-18(4)25(31-30-24)29-17(3)14-28-21(6-2)13-26/h6-7,10-11,14,19,27H,2,5,8-9,12,15-16H2,1,3-4H3,(H2,29,30,31)/b17-14+,28-21?. The van der Waals surface area contributed by atoms with Crippen LogP contribution in [-0.4, -0.2) is 35.6 Å². The van der Waals surface area contributed by atoms with Gasteiger partial charge in [0.2, 0.25) is 0 Å². The highest BCUT2D eigenvalue weighted by Gasteiger charge is 2.20. The molecule has 2 aromatic rings. The van der Waals surface area contributed by atoms with Gasteiger partial charge in [-0.1, -0.05) is 25.6 Å². The van der Waals surface area contributed by atoms with E-state index >= 15 is 0 Å². The van der Waals surface area contributed by atoms with Crippen molar-refractivity contribution in [2.75, 3.05) is 25.0 Å². The molecule has 3 rings (SSSR count). The zero-order valence-electron chi connectivity index (χ0n) is 19.2. The van der Waals surface area contributed by atoms with Crippen molar-refractivity contribution in [2.45, 2.75) is 40.0 Å². The lowest BCUT2D eigenvalue weighted by Gasteiger charge is -2.24. The summed E-state index contributed by atoms with van der Waals surface area (Å²) in [5, 5.41) is 23.4. The first kappa shape index (κ1) is 23.3. The highest BCUT2D eigenvalue weighted by atomic mass is 16.5. The first-order valence-electron chi connectivity index (χ1n) is 11.1. The third kappa shape index (κ3) is 5.65. The molecule has 0 bridgehead atoms. The molecule has 0 aliphatic carbocycles. The summed E-state index contributed by atoms with van der Waals surface area (Å²) in [4.78, 5) is 4.11. The van der Waals surface area contributed by atoms with Crippen molar-refractivity contribution in [1.82, 2.24) is 15.5 Å². The molecule has 2 heterocycles. The number of benzene rings is 1. The fourth-order valence-electron chi connectivity index (χ4n) is 3.82. The molecule has 0 spiro atoms. The minimum atomic E-state index is 0.261. The van der Waals surface area contributed by atoms with Gasteiger partial charge in [-0.05, 0) is 57.4 Å². The lowest BCUT2D eigenvalue weighted by molar-refractivity contribution is 0.219. The minimum Gasteiger partial charge on any atom is -0.493 e. The van der Waals surface area contributed by atoms with Crippen molar-refractivity contribution < 1.29 is 4.74 Å². The molecule has 1 unspecified atom stereocenters. The Kier molecular flexibility index (Phi) is 8.23. The number of nitriles is 1. The number of piperidine rings is 1. The number of H-pyrrole nitrogens is 1. The van der Waals surface area contributed by atoms with E-state index in [2.05, 4.69) is 51.5 Å². The van der Waals surface area contributed by atoms with Crippen LogP contribution in [0.1, 0.15) is 37.8 Å². The first-order chi connectivity index (χ1) is 15.6. The summed E-state index contributed by atoms with van der Waals surface area (Å²) in [6.07, 6.45) is 6.31. The van der Waals surface area contributed by atoms with Crippen molar-refractivity contribution in [3.8, 4) is 23.1 Å². The lowest BCUT2D eigenvalue weighted by atomic mass is 9.98. The molecular formula is C25H32N6O. The second-order valence-corrected chi connectivity index (χ2v) is 8.01. The predicted molar refractivity (Wildman–Crippen MR) is 130 cm³/mol. The van der Waals surface area contributed by atoms with Crippen LogP contribution in [0.3, 0.4) is 0 Å². The van der Waals surface area contributed by atoms with Gasteiger partial charge in [-0.2, -0.15) is 10.4 Å². The molecule has 3 N–H and O–H groups in total. The Hall–Kier alpha value is -3.37. The molecule has 0 saturated carbocycles. The van der Waals surface area contributed by atoms with Crippen LogP contribution in [0.4, 0.5) is 5.82 Å². The summed E-state index contributed by atoms with van der Waals surface area (Å²) in [5.41, 5.74) is 5.25. The van der Waals surface area contributed by atoms with Crippen molar-refractivity contribution >= 4 is 11.5 Å². The summed E-state index contributed by atoms with van der Waals surface area (Å²) in [6, 6.07) is 8.21. The van der Waals surface area contributed by atoms with Crippen LogP contribution in [0.2, 0.25) is 0 Å². The molecule has 1 aromatic heterocycles. The number of hydrogen-bond donors (Lipinski definition) is 3. The smallest absolute Gasteiger partial charge is 0.155 e. The quantitative estimate of drug-likeness (QED) is 0.497. The maximum atomic E-state index is 8.97. The van der Waals surface area contributed by atoms with Gasteiger partial charge in [0.25, 0.3) is 0 Å². The second kappa shape index (κ2) is 11.3. The van der Waals surface area contributed by atoms with Crippen molar-refractivity contribution in [3.63, 3.8) is 0 Å². The number of anilines is 1. The number of aliphatic imine (C=N–C) groups is 1. The number of nitrogens with one attached hydrogen (secondary N) is 3. The number of aromatic nitrogens is 2. The van der Waals surface area contributed by atoms with Crippen molar-refractivity contribution in [2.24, 2.45) is 10.9 Å². The van der Waals surface area contributed by atoms with E-state index in [9.17, 15) is 0 Å². The number of nitrogens with zero attached hydrogens (tertiary/aromatic N) is 3. The van der Waals surface area contributed by atoms with Crippen LogP contribution in [0.15, 0.2) is 47.7 Å². The molecule has 168 valence electrons. The van der Waals surface area contributed by atoms with Gasteiger partial charge in [0, 0.05) is 35.5 Å². The summed E-state index contributed by atoms with van der Waals surface area (Å²) >= 11 is 0. The first-order valence-corrected chi connectivity index (χ1v) is 11.1. The lowest BCUT2D eigenvalue weighted by Crippen LogP contribution is -2.33. The topological polar surface area (TPSA) is 98.1 Å². The summed E-state index contributed by atoms with van der Waals surface area (Å²) in [5.74, 6) is 2.13. The van der Waals surface area contributed by atoms with E-state index in [-0.39, 0.29) is 5.71 Å². The number of aryl methyl sites for hydroxylation is 1. The van der Waals surface area contributed by atoms with Gasteiger partial charge in [0.15, 0.2) is 5.82 Å². The minimum absolute atomic E-state index is 0.261. The maximum Gasteiger partial charge on any atom is 0.155 e. The Balaban J connectivity index is 1.85. The molecule has 1 aliphatic heterocycles. The molecule has 32 heavy (non-hydrogen) atoms. The van der Waals surface area contributed by atoms with E-state index in [1.165, 1.54) is 24.5 Å². The van der Waals surface area contributed by atoms with E-state index in [4.69, 9.17) is 10.00 Å². The Labute approximate surface area is 190 Å². The van der Waals surface area contributed by atoms with Crippen LogP contribution >= 0.6 is 0 Å². The SMILES string of the molecule is C=CC(C#N)=N/C=C(\C)Nc1n[nH]c(-c2c(CC)cccc2OCC2CCCNC2)c1C. The highest BCUT2D eigenvalue weighted by Crippen LogP contribution is 2.37. The van der Waals surface area contributed by atoms with Gasteiger partial charge in [-0.3, -0.25) is 5.10 Å². The normalized spacial score (nSPS) is 17.0. The number of ether oxygens (including phenoxy) is 1. The number of hydrogen-bond acceptors (Lipinski definition) is 6. The number of allylic oxidation sites excluding steroid dienone is 2. The zero-order chi connectivity index (χ0) is 22.9. The van der Waals surface area contributed by atoms with Gasteiger partial charge in [-0.15, -0.1) is 0 Å². The highest BCUT2D eigenvalue weighted by molar-refractivity contribution is 6.07.